The lowest BCUT2D eigenvalue weighted by Crippen LogP contribution is -2.04. The maximum Gasteiger partial charge on any atom is 0.416 e. The van der Waals surface area contributed by atoms with Gasteiger partial charge in [0.2, 0.25) is 0 Å². The summed E-state index contributed by atoms with van der Waals surface area (Å²) in [4.78, 5) is 0. The van der Waals surface area contributed by atoms with E-state index in [2.05, 4.69) is 23.7 Å². The highest BCUT2D eigenvalue weighted by molar-refractivity contribution is 6.10. The Morgan fingerprint density at radius 1 is 0.417 bits per heavy atom. The monoisotopic (exact) mass is 650 g/mol. The summed E-state index contributed by atoms with van der Waals surface area (Å²) >= 11 is 0. The number of ether oxygens (including phenoxy) is 2. The predicted octanol–water partition coefficient (Wildman–Crippen LogP) is 10.5. The molecule has 0 bridgehead atoms. The van der Waals surface area contributed by atoms with E-state index in [-0.39, 0.29) is 0 Å². The normalized spacial score (nSPS) is 11.4. The van der Waals surface area contributed by atoms with E-state index in [4.69, 9.17) is 9.47 Å². The van der Waals surface area contributed by atoms with Crippen molar-refractivity contribution < 1.29 is 35.8 Å². The van der Waals surface area contributed by atoms with Crippen LogP contribution < -0.4 is 9.47 Å². The molecule has 6 rings (SSSR count). The number of benzene rings is 6. The van der Waals surface area contributed by atoms with Crippen molar-refractivity contribution in [2.45, 2.75) is 12.4 Å². The first-order chi connectivity index (χ1) is 22.9. The highest BCUT2D eigenvalue weighted by Crippen LogP contribution is 2.45. The third kappa shape index (κ3) is 6.65. The minimum atomic E-state index is -4.43. The molecule has 6 aromatic rings. The topological polar surface area (TPSA) is 18.5 Å². The van der Waals surface area contributed by atoms with Gasteiger partial charge in [0.05, 0.1) is 25.3 Å². The summed E-state index contributed by atoms with van der Waals surface area (Å²) < 4.78 is 89.6. The summed E-state index contributed by atoms with van der Waals surface area (Å²) in [6, 6.07) is 28.2. The first-order valence-corrected chi connectivity index (χ1v) is 14.5. The molecule has 0 radical (unpaired) electrons. The van der Waals surface area contributed by atoms with Crippen molar-refractivity contribution >= 4 is 21.5 Å². The first-order valence-electron chi connectivity index (χ1n) is 14.5. The fourth-order valence-corrected chi connectivity index (χ4v) is 5.38. The number of rotatable bonds is 3. The second-order valence-electron chi connectivity index (χ2n) is 10.8. The Morgan fingerprint density at radius 3 is 1.06 bits per heavy atom. The zero-order chi connectivity index (χ0) is 34.1. The van der Waals surface area contributed by atoms with Gasteiger partial charge in [-0.05, 0) is 106 Å². The molecule has 0 spiro atoms. The van der Waals surface area contributed by atoms with Gasteiger partial charge in [-0.15, -0.1) is 0 Å². The minimum absolute atomic E-state index is 0.439. The third-order valence-electron chi connectivity index (χ3n) is 7.78. The Balaban J connectivity index is 1.47. The second-order valence-corrected chi connectivity index (χ2v) is 10.8. The summed E-state index contributed by atoms with van der Waals surface area (Å²) in [5.74, 6) is 13.2. The molecule has 0 amide bonds. The molecule has 0 aromatic heterocycles. The molecule has 0 heterocycles. The number of halogens is 6. The van der Waals surface area contributed by atoms with Crippen molar-refractivity contribution in [2.75, 3.05) is 14.2 Å². The van der Waals surface area contributed by atoms with Crippen LogP contribution in [0.5, 0.6) is 11.5 Å². The lowest BCUT2D eigenvalue weighted by atomic mass is 9.90. The van der Waals surface area contributed by atoms with Crippen LogP contribution in [0, 0.1) is 23.7 Å². The summed E-state index contributed by atoms with van der Waals surface area (Å²) in [7, 11) is 3.13. The molecule has 0 unspecified atom stereocenters. The van der Waals surface area contributed by atoms with Crippen LogP contribution >= 0.6 is 0 Å². The van der Waals surface area contributed by atoms with Gasteiger partial charge in [-0.25, -0.2) is 0 Å². The summed E-state index contributed by atoms with van der Waals surface area (Å²) in [5, 5.41) is 3.40. The second kappa shape index (κ2) is 12.7. The van der Waals surface area contributed by atoms with Gasteiger partial charge in [0.25, 0.3) is 0 Å². The van der Waals surface area contributed by atoms with Crippen molar-refractivity contribution in [3.8, 4) is 46.3 Å². The first kappa shape index (κ1) is 32.1. The SMILES string of the molecule is COc1ccc2ccc(C#Cc3ccc(C(F)(F)F)cc3)cc2c1-c1c(OC)ccc2ccc(C#Cc3ccc(C(F)(F)F)cc3)cc12. The largest absolute Gasteiger partial charge is 0.496 e. The Labute approximate surface area is 272 Å². The van der Waals surface area contributed by atoms with Crippen LogP contribution in [-0.2, 0) is 12.4 Å². The van der Waals surface area contributed by atoms with Crippen molar-refractivity contribution in [2.24, 2.45) is 0 Å². The van der Waals surface area contributed by atoms with Gasteiger partial charge >= 0.3 is 12.4 Å². The quantitative estimate of drug-likeness (QED) is 0.140. The molecule has 0 aliphatic heterocycles. The van der Waals surface area contributed by atoms with E-state index >= 15 is 0 Å². The molecule has 0 aliphatic rings. The molecule has 0 fully saturated rings. The maximum absolute atomic E-state index is 13.0. The van der Waals surface area contributed by atoms with Crippen LogP contribution in [0.25, 0.3) is 32.7 Å². The third-order valence-corrected chi connectivity index (χ3v) is 7.78. The van der Waals surface area contributed by atoms with E-state index in [1.807, 2.05) is 60.7 Å². The van der Waals surface area contributed by atoms with E-state index in [1.165, 1.54) is 24.3 Å². The van der Waals surface area contributed by atoms with Crippen LogP contribution in [0.15, 0.2) is 109 Å². The van der Waals surface area contributed by atoms with Gasteiger partial charge in [-0.2, -0.15) is 26.3 Å². The number of alkyl halides is 6. The van der Waals surface area contributed by atoms with Gasteiger partial charge in [-0.1, -0.05) is 47.9 Å². The predicted molar refractivity (Wildman–Crippen MR) is 175 cm³/mol. The van der Waals surface area contributed by atoms with Crippen molar-refractivity contribution in [3.63, 3.8) is 0 Å². The molecule has 0 aliphatic carbocycles. The summed E-state index contributed by atoms with van der Waals surface area (Å²) in [6.07, 6.45) is -8.86. The highest BCUT2D eigenvalue weighted by Gasteiger charge is 2.30. The zero-order valence-corrected chi connectivity index (χ0v) is 25.5. The Hall–Kier alpha value is -5.86. The van der Waals surface area contributed by atoms with Crippen LogP contribution in [0.4, 0.5) is 26.3 Å². The average Bonchev–Trinajstić information content (AvgIpc) is 3.08. The molecule has 2 nitrogen and oxygen atoms in total. The van der Waals surface area contributed by atoms with Crippen molar-refractivity contribution in [3.05, 3.63) is 143 Å². The lowest BCUT2D eigenvalue weighted by molar-refractivity contribution is -0.138. The van der Waals surface area contributed by atoms with E-state index in [0.29, 0.717) is 33.8 Å². The van der Waals surface area contributed by atoms with E-state index < -0.39 is 23.5 Å². The molecule has 0 saturated carbocycles. The minimum Gasteiger partial charge on any atom is -0.496 e. The molecule has 0 saturated heterocycles. The molecular formula is C40H24F6O2. The zero-order valence-electron chi connectivity index (χ0n) is 25.5. The number of hydrogen-bond acceptors (Lipinski definition) is 2. The van der Waals surface area contributed by atoms with Gasteiger partial charge in [-0.3, -0.25) is 0 Å². The van der Waals surface area contributed by atoms with Gasteiger partial charge < -0.3 is 9.47 Å². The Bertz CT molecular complexity index is 2110. The highest BCUT2D eigenvalue weighted by atomic mass is 19.4. The molecule has 6 aromatic carbocycles. The number of fused-ring (bicyclic) bond motifs is 2. The lowest BCUT2D eigenvalue weighted by Gasteiger charge is -2.18. The Morgan fingerprint density at radius 2 is 0.729 bits per heavy atom. The van der Waals surface area contributed by atoms with E-state index in [0.717, 1.165) is 56.9 Å². The van der Waals surface area contributed by atoms with Crippen molar-refractivity contribution in [1.29, 1.82) is 0 Å². The molecule has 0 N–H and O–H groups in total. The van der Waals surface area contributed by atoms with Gasteiger partial charge in [0.1, 0.15) is 11.5 Å². The fourth-order valence-electron chi connectivity index (χ4n) is 5.38. The van der Waals surface area contributed by atoms with E-state index in [9.17, 15) is 26.3 Å². The van der Waals surface area contributed by atoms with Gasteiger partial charge in [0, 0.05) is 33.4 Å². The number of hydrogen-bond donors (Lipinski definition) is 0. The van der Waals surface area contributed by atoms with Crippen LogP contribution in [0.2, 0.25) is 0 Å². The standard InChI is InChI=1S/C40H24F6O2/c1-47-35-21-15-29-13-7-27(5-3-25-9-17-31(18-10-25)39(41,42)43)23-33(29)37(35)38-34-24-28(8-14-30(34)16-22-36(38)48-2)6-4-26-11-19-32(20-12-26)40(44,45)46/h7-24H,1-2H3. The molecule has 238 valence electrons. The average molecular weight is 651 g/mol. The van der Waals surface area contributed by atoms with E-state index in [1.54, 1.807) is 14.2 Å². The number of methoxy groups -OCH3 is 2. The van der Waals surface area contributed by atoms with Gasteiger partial charge in [0.15, 0.2) is 0 Å². The smallest absolute Gasteiger partial charge is 0.416 e. The van der Waals surface area contributed by atoms with Crippen LogP contribution in [-0.4, -0.2) is 14.2 Å². The summed E-state index contributed by atoms with van der Waals surface area (Å²) in [5.41, 5.74) is 2.15. The molecule has 0 atom stereocenters. The van der Waals surface area contributed by atoms with Crippen LogP contribution in [0.3, 0.4) is 0 Å². The van der Waals surface area contributed by atoms with Crippen LogP contribution in [0.1, 0.15) is 33.4 Å². The Kier molecular flexibility index (Phi) is 8.52. The maximum atomic E-state index is 13.0. The molecular weight excluding hydrogens is 626 g/mol. The molecule has 8 heteroatoms. The fraction of sp³-hybridized carbons (Fsp3) is 0.100. The van der Waals surface area contributed by atoms with Crippen molar-refractivity contribution in [1.82, 2.24) is 0 Å². The molecule has 48 heavy (non-hydrogen) atoms. The summed E-state index contributed by atoms with van der Waals surface area (Å²) in [6.45, 7) is 0.